The van der Waals surface area contributed by atoms with Crippen molar-refractivity contribution in [2.24, 2.45) is 11.3 Å². The van der Waals surface area contributed by atoms with Crippen LogP contribution in [0.2, 0.25) is 0 Å². The van der Waals surface area contributed by atoms with Crippen molar-refractivity contribution in [1.29, 1.82) is 0 Å². The molecule has 0 saturated heterocycles. The number of nitrogens with two attached hydrogens (primary N) is 1. The van der Waals surface area contributed by atoms with Gasteiger partial charge in [-0.15, -0.1) is 0 Å². The first-order chi connectivity index (χ1) is 19.3. The van der Waals surface area contributed by atoms with Crippen molar-refractivity contribution in [3.8, 4) is 11.4 Å². The normalized spacial score (nSPS) is 20.7. The molecule has 0 spiro atoms. The number of aliphatic hydroxyl groups is 1. The van der Waals surface area contributed by atoms with E-state index in [1.54, 1.807) is 19.9 Å². The molecule has 5 N–H and O–H groups in total. The number of pyridine rings is 2. The Balaban J connectivity index is 1.59. The first kappa shape index (κ1) is 27.0. The zero-order valence-corrected chi connectivity index (χ0v) is 23.1. The number of carbonyl (C=O) groups excluding carboxylic acids is 3. The number of hydrogen-bond acceptors (Lipinski definition) is 8. The van der Waals surface area contributed by atoms with Gasteiger partial charge in [0.1, 0.15) is 17.8 Å². The van der Waals surface area contributed by atoms with Crippen molar-refractivity contribution in [2.45, 2.75) is 71.8 Å². The molecule has 12 heteroatoms. The summed E-state index contributed by atoms with van der Waals surface area (Å²) in [7, 11) is 0. The van der Waals surface area contributed by atoms with E-state index in [1.807, 2.05) is 5.43 Å². The SMILES string of the molecule is CC[C@]1(O)C(=O)OCc2c1cc1n(c2=O)Cc2c-1nc1cc(F)c(C)c3c1c2[C@H](NC(=O)C(C)(C)C(=O)NN)CC3. The number of cyclic esters (lactones) is 1. The van der Waals surface area contributed by atoms with Gasteiger partial charge in [-0.2, -0.15) is 0 Å². The van der Waals surface area contributed by atoms with Crippen molar-refractivity contribution in [1.82, 2.24) is 20.3 Å². The van der Waals surface area contributed by atoms with Crippen LogP contribution in [0.3, 0.4) is 0 Å². The van der Waals surface area contributed by atoms with Gasteiger partial charge in [-0.05, 0) is 62.8 Å². The van der Waals surface area contributed by atoms with E-state index < -0.39 is 46.2 Å². The van der Waals surface area contributed by atoms with Gasteiger partial charge in [0, 0.05) is 22.6 Å². The second-order valence-electron chi connectivity index (χ2n) is 11.5. The number of nitrogens with zero attached hydrogens (tertiary/aromatic N) is 2. The molecule has 6 rings (SSSR count). The summed E-state index contributed by atoms with van der Waals surface area (Å²) in [5.74, 6) is 2.86. The fraction of sp³-hybridized carbons (Fsp3) is 0.414. The number of benzene rings is 1. The van der Waals surface area contributed by atoms with Crippen molar-refractivity contribution in [2.75, 3.05) is 0 Å². The highest BCUT2D eigenvalue weighted by Gasteiger charge is 2.46. The van der Waals surface area contributed by atoms with E-state index >= 15 is 4.39 Å². The van der Waals surface area contributed by atoms with E-state index in [2.05, 4.69) is 5.32 Å². The van der Waals surface area contributed by atoms with Gasteiger partial charge in [-0.25, -0.2) is 20.0 Å². The third-order valence-corrected chi connectivity index (χ3v) is 8.95. The van der Waals surface area contributed by atoms with Crippen molar-refractivity contribution >= 4 is 28.7 Å². The lowest BCUT2D eigenvalue weighted by molar-refractivity contribution is -0.172. The molecule has 214 valence electrons. The molecule has 41 heavy (non-hydrogen) atoms. The van der Waals surface area contributed by atoms with E-state index in [0.717, 1.165) is 5.56 Å². The average Bonchev–Trinajstić information content (AvgIpc) is 3.32. The third kappa shape index (κ3) is 3.60. The van der Waals surface area contributed by atoms with E-state index in [1.165, 1.54) is 24.5 Å². The lowest BCUT2D eigenvalue weighted by Crippen LogP contribution is -2.50. The largest absolute Gasteiger partial charge is 0.458 e. The molecule has 0 bridgehead atoms. The fourth-order valence-corrected chi connectivity index (χ4v) is 6.32. The first-order valence-corrected chi connectivity index (χ1v) is 13.5. The Morgan fingerprint density at radius 3 is 2.66 bits per heavy atom. The summed E-state index contributed by atoms with van der Waals surface area (Å²) in [6.45, 7) is 6.10. The van der Waals surface area contributed by atoms with Crippen LogP contribution in [-0.2, 0) is 44.3 Å². The van der Waals surface area contributed by atoms with Gasteiger partial charge in [-0.3, -0.25) is 19.8 Å². The third-order valence-electron chi connectivity index (χ3n) is 8.95. The molecule has 0 saturated carbocycles. The maximum atomic E-state index is 15.1. The van der Waals surface area contributed by atoms with Gasteiger partial charge >= 0.3 is 5.97 Å². The number of carbonyl (C=O) groups is 3. The van der Waals surface area contributed by atoms with Gasteiger partial charge in [0.2, 0.25) is 11.8 Å². The fourth-order valence-electron chi connectivity index (χ4n) is 6.32. The molecular weight excluding hydrogens is 533 g/mol. The zero-order valence-electron chi connectivity index (χ0n) is 23.1. The molecule has 1 aliphatic carbocycles. The Bertz CT molecular complexity index is 1780. The van der Waals surface area contributed by atoms with Crippen LogP contribution in [0.4, 0.5) is 4.39 Å². The second-order valence-corrected chi connectivity index (χ2v) is 11.5. The molecule has 0 radical (unpaired) electrons. The Hall–Kier alpha value is -4.16. The molecular formula is C29H30FN5O6. The van der Waals surface area contributed by atoms with Gasteiger partial charge in [0.15, 0.2) is 5.60 Å². The molecule has 2 aromatic heterocycles. The van der Waals surface area contributed by atoms with Gasteiger partial charge in [0.05, 0.1) is 35.1 Å². The highest BCUT2D eigenvalue weighted by molar-refractivity contribution is 6.04. The molecule has 0 unspecified atom stereocenters. The van der Waals surface area contributed by atoms with E-state index in [9.17, 15) is 24.3 Å². The van der Waals surface area contributed by atoms with Crippen molar-refractivity contribution < 1.29 is 28.6 Å². The summed E-state index contributed by atoms with van der Waals surface area (Å²) >= 11 is 0. The van der Waals surface area contributed by atoms with Gasteiger partial charge in [0.25, 0.3) is 5.56 Å². The van der Waals surface area contributed by atoms with Crippen LogP contribution < -0.4 is 22.1 Å². The first-order valence-electron chi connectivity index (χ1n) is 13.5. The lowest BCUT2D eigenvalue weighted by Gasteiger charge is -2.32. The van der Waals surface area contributed by atoms with Crippen LogP contribution in [0.1, 0.15) is 73.0 Å². The number of halogens is 1. The lowest BCUT2D eigenvalue weighted by atomic mass is 9.81. The molecule has 1 aromatic carbocycles. The Morgan fingerprint density at radius 1 is 1.24 bits per heavy atom. The molecule has 0 fully saturated rings. The average molecular weight is 564 g/mol. The summed E-state index contributed by atoms with van der Waals surface area (Å²) in [4.78, 5) is 56.7. The van der Waals surface area contributed by atoms with Gasteiger partial charge in [-0.1, -0.05) is 6.92 Å². The Kier molecular flexibility index (Phi) is 5.88. The second kappa shape index (κ2) is 8.92. The van der Waals surface area contributed by atoms with Crippen LogP contribution in [0.5, 0.6) is 0 Å². The molecule has 3 aromatic rings. The number of esters is 1. The van der Waals surface area contributed by atoms with Crippen LogP contribution in [0, 0.1) is 18.2 Å². The number of hydrogen-bond donors (Lipinski definition) is 4. The monoisotopic (exact) mass is 563 g/mol. The minimum atomic E-state index is -1.99. The topological polar surface area (TPSA) is 166 Å². The van der Waals surface area contributed by atoms with Crippen LogP contribution >= 0.6 is 0 Å². The maximum absolute atomic E-state index is 15.1. The molecule has 2 aliphatic heterocycles. The van der Waals surface area contributed by atoms with Crippen LogP contribution in [-0.4, -0.2) is 32.4 Å². The number of aryl methyl sites for hydroxylation is 1. The summed E-state index contributed by atoms with van der Waals surface area (Å²) in [6, 6.07) is 2.36. The van der Waals surface area contributed by atoms with E-state index in [0.29, 0.717) is 51.8 Å². The summed E-state index contributed by atoms with van der Waals surface area (Å²) in [5.41, 5.74) is 2.27. The summed E-state index contributed by atoms with van der Waals surface area (Å²) in [5, 5.41) is 14.9. The molecule has 11 nitrogen and oxygen atoms in total. The molecule has 3 aliphatic rings. The minimum absolute atomic E-state index is 0.000894. The number of amides is 2. The number of aromatic nitrogens is 2. The van der Waals surface area contributed by atoms with Crippen LogP contribution in [0.25, 0.3) is 22.3 Å². The number of ether oxygens (including phenoxy) is 1. The Labute approximate surface area is 233 Å². The molecule has 2 amide bonds. The number of rotatable bonds is 4. The predicted molar refractivity (Wildman–Crippen MR) is 145 cm³/mol. The standard InChI is InChI=1S/C29H30FN5O6/c1-5-29(40)16-8-20-23-14(10-35(20)24(36)15(16)11-41-27(29)39)22-18(33-25(37)28(3,4)26(38)34-31)7-6-13-12(2)17(30)9-19(32-23)21(13)22/h8-9,18,40H,5-7,10-11,31H2,1-4H3,(H,33,37)(H,34,38)/t18-,29-/m1/s1. The summed E-state index contributed by atoms with van der Waals surface area (Å²) < 4.78 is 21.7. The van der Waals surface area contributed by atoms with Gasteiger partial charge < -0.3 is 19.7 Å². The van der Waals surface area contributed by atoms with Crippen LogP contribution in [0.15, 0.2) is 16.9 Å². The highest BCUT2D eigenvalue weighted by Crippen LogP contribution is 2.46. The number of nitrogens with one attached hydrogen (secondary N) is 2. The maximum Gasteiger partial charge on any atom is 0.343 e. The molecule has 4 heterocycles. The Morgan fingerprint density at radius 2 is 1.98 bits per heavy atom. The van der Waals surface area contributed by atoms with E-state index in [-0.39, 0.29) is 30.7 Å². The smallest absolute Gasteiger partial charge is 0.343 e. The highest BCUT2D eigenvalue weighted by atomic mass is 19.1. The number of hydrazine groups is 1. The van der Waals surface area contributed by atoms with Crippen molar-refractivity contribution in [3.05, 3.63) is 61.7 Å². The zero-order chi connectivity index (χ0) is 29.6. The molecule has 2 atom stereocenters. The van der Waals surface area contributed by atoms with E-state index in [4.69, 9.17) is 15.6 Å². The van der Waals surface area contributed by atoms with Crippen molar-refractivity contribution in [3.63, 3.8) is 0 Å². The quantitative estimate of drug-likeness (QED) is 0.0957. The number of fused-ring (bicyclic) bond motifs is 5. The minimum Gasteiger partial charge on any atom is -0.458 e. The predicted octanol–water partition coefficient (Wildman–Crippen LogP) is 1.65. The summed E-state index contributed by atoms with van der Waals surface area (Å²) in [6.07, 6.45) is 0.889.